The van der Waals surface area contributed by atoms with E-state index in [-0.39, 0.29) is 23.6 Å². The Morgan fingerprint density at radius 3 is 2.65 bits per heavy atom. The van der Waals surface area contributed by atoms with Crippen molar-refractivity contribution in [1.29, 1.82) is 0 Å². The molecule has 0 spiro atoms. The summed E-state index contributed by atoms with van der Waals surface area (Å²) in [6.45, 7) is 3.05. The van der Waals surface area contributed by atoms with E-state index in [0.717, 1.165) is 11.3 Å². The lowest BCUT2D eigenvalue weighted by Crippen LogP contribution is -2.52. The van der Waals surface area contributed by atoms with Crippen molar-refractivity contribution in [3.05, 3.63) is 29.7 Å². The normalized spacial score (nSPS) is 22.3. The molecule has 0 radical (unpaired) electrons. The van der Waals surface area contributed by atoms with Crippen molar-refractivity contribution < 1.29 is 27.4 Å². The van der Waals surface area contributed by atoms with Gasteiger partial charge in [0.25, 0.3) is 0 Å². The summed E-state index contributed by atoms with van der Waals surface area (Å²) in [5.74, 6) is 0.346. The number of carbonyl (C=O) groups excluding carboxylic acids is 1. The number of aromatic nitrogens is 3. The molecule has 2 aromatic heterocycles. The first kappa shape index (κ1) is 24.9. The maximum Gasteiger partial charge on any atom is 0.387 e. The summed E-state index contributed by atoms with van der Waals surface area (Å²) in [4.78, 5) is 17.2. The summed E-state index contributed by atoms with van der Waals surface area (Å²) in [6.07, 6.45) is 5.70. The Kier molecular flexibility index (Phi) is 6.90. The lowest BCUT2D eigenvalue weighted by molar-refractivity contribution is -0.127. The molecule has 2 aliphatic rings. The summed E-state index contributed by atoms with van der Waals surface area (Å²) in [5, 5.41) is 7.94. The van der Waals surface area contributed by atoms with E-state index < -0.39 is 22.7 Å². The molecule has 3 N–H and O–H groups in total. The molecule has 4 rings (SSSR count). The third kappa shape index (κ3) is 5.36. The molecule has 8 nitrogen and oxygen atoms in total. The van der Waals surface area contributed by atoms with Crippen LogP contribution in [0.15, 0.2) is 18.5 Å². The van der Waals surface area contributed by atoms with Gasteiger partial charge >= 0.3 is 6.61 Å². The van der Waals surface area contributed by atoms with Crippen LogP contribution in [0.1, 0.15) is 57.3 Å². The molecule has 3 heterocycles. The van der Waals surface area contributed by atoms with Gasteiger partial charge < -0.3 is 10.1 Å². The minimum atomic E-state index is -2.93. The van der Waals surface area contributed by atoms with Gasteiger partial charge in [0.15, 0.2) is 0 Å². The van der Waals surface area contributed by atoms with E-state index in [1.165, 1.54) is 12.3 Å². The van der Waals surface area contributed by atoms with Crippen molar-refractivity contribution in [3.8, 4) is 17.0 Å². The Labute approximate surface area is 199 Å². The topological polar surface area (TPSA) is 110 Å². The lowest BCUT2D eigenvalue weighted by Gasteiger charge is -2.45. The van der Waals surface area contributed by atoms with Crippen LogP contribution >= 0.6 is 10.6 Å². The maximum absolute atomic E-state index is 13.2. The number of carbonyl (C=O) groups is 1. The van der Waals surface area contributed by atoms with E-state index in [0.29, 0.717) is 54.9 Å². The highest BCUT2D eigenvalue weighted by atomic mass is 32.3. The third-order valence-electron chi connectivity index (χ3n) is 6.76. The van der Waals surface area contributed by atoms with Crippen LogP contribution in [-0.4, -0.2) is 53.4 Å². The Bertz CT molecular complexity index is 1050. The molecular weight excluding hydrogens is 466 g/mol. The van der Waals surface area contributed by atoms with Crippen LogP contribution in [-0.2, 0) is 17.6 Å². The zero-order valence-corrected chi connectivity index (χ0v) is 20.4. The first-order valence-corrected chi connectivity index (χ1v) is 13.4. The highest BCUT2D eigenvalue weighted by Gasteiger charge is 2.38. The molecule has 1 amide bonds. The van der Waals surface area contributed by atoms with Crippen molar-refractivity contribution in [3.63, 3.8) is 0 Å². The summed E-state index contributed by atoms with van der Waals surface area (Å²) >= 11 is 0. The average Bonchev–Trinajstić information content (AvgIpc) is 3.15. The number of ether oxygens (including phenoxy) is 1. The molecule has 11 heteroatoms. The predicted molar refractivity (Wildman–Crippen MR) is 126 cm³/mol. The maximum atomic E-state index is 13.2. The highest BCUT2D eigenvalue weighted by molar-refractivity contribution is 8.24. The largest absolute Gasteiger partial charge is 0.433 e. The van der Waals surface area contributed by atoms with Gasteiger partial charge in [-0.2, -0.15) is 24.5 Å². The number of pyridine rings is 1. The fraction of sp³-hybridized carbons (Fsp3) is 0.609. The molecule has 1 aliphatic carbocycles. The van der Waals surface area contributed by atoms with E-state index in [1.807, 2.05) is 25.5 Å². The van der Waals surface area contributed by atoms with Gasteiger partial charge in [-0.3, -0.25) is 23.6 Å². The SMILES string of the molecule is CC(C)n1nc(-c2cncc(OC(F)F)c2)c2c1CC(C(=O)NC1(C)CCS(O)(O)CC1)CC2. The smallest absolute Gasteiger partial charge is 0.387 e. The van der Waals surface area contributed by atoms with Crippen LogP contribution < -0.4 is 10.1 Å². The Morgan fingerprint density at radius 2 is 2.00 bits per heavy atom. The van der Waals surface area contributed by atoms with Crippen molar-refractivity contribution in [1.82, 2.24) is 20.1 Å². The van der Waals surface area contributed by atoms with E-state index in [2.05, 4.69) is 15.0 Å². The summed E-state index contributed by atoms with van der Waals surface area (Å²) in [6, 6.07) is 1.57. The van der Waals surface area contributed by atoms with Crippen LogP contribution in [0.4, 0.5) is 8.78 Å². The van der Waals surface area contributed by atoms with E-state index in [9.17, 15) is 22.7 Å². The number of fused-ring (bicyclic) bond motifs is 1. The van der Waals surface area contributed by atoms with Gasteiger partial charge in [-0.15, -0.1) is 0 Å². The second kappa shape index (κ2) is 9.43. The first-order valence-electron chi connectivity index (χ1n) is 11.5. The Hall–Kier alpha value is -2.24. The number of rotatable bonds is 6. The number of nitrogens with zero attached hydrogens (tertiary/aromatic N) is 3. The molecule has 0 aromatic carbocycles. The monoisotopic (exact) mass is 498 g/mol. The molecule has 1 aliphatic heterocycles. The number of amides is 1. The van der Waals surface area contributed by atoms with Crippen LogP contribution in [0.5, 0.6) is 5.75 Å². The molecule has 1 saturated heterocycles. The molecule has 1 fully saturated rings. The summed E-state index contributed by atoms with van der Waals surface area (Å²) < 4.78 is 51.5. The van der Waals surface area contributed by atoms with Crippen molar-refractivity contribution in [2.45, 2.75) is 71.1 Å². The number of hydrogen-bond acceptors (Lipinski definition) is 6. The highest BCUT2D eigenvalue weighted by Crippen LogP contribution is 2.47. The van der Waals surface area contributed by atoms with Gasteiger partial charge in [0, 0.05) is 58.4 Å². The zero-order chi connectivity index (χ0) is 24.7. The van der Waals surface area contributed by atoms with E-state index in [4.69, 9.17) is 5.10 Å². The van der Waals surface area contributed by atoms with Crippen LogP contribution in [0.2, 0.25) is 0 Å². The Balaban J connectivity index is 1.55. The summed E-state index contributed by atoms with van der Waals surface area (Å²) in [7, 11) is -2.52. The predicted octanol–water partition coefficient (Wildman–Crippen LogP) is 4.65. The number of alkyl halides is 2. The van der Waals surface area contributed by atoms with Gasteiger partial charge in [0.05, 0.1) is 11.9 Å². The van der Waals surface area contributed by atoms with Crippen molar-refractivity contribution in [2.24, 2.45) is 5.92 Å². The standard InChI is InChI=1S/C23H32F2N4O4S/c1-14(2)29-19-11-15(21(30)27-23(3)6-8-34(31,32)9-7-23)4-5-18(19)20(28-29)16-10-17(13-26-12-16)33-22(24)25/h10,12-15,22,31-32H,4-9,11H2,1-3H3,(H,27,30). The lowest BCUT2D eigenvalue weighted by atomic mass is 9.84. The molecule has 1 unspecified atom stereocenters. The second-order valence-electron chi connectivity index (χ2n) is 9.80. The number of halogens is 2. The number of nitrogens with one attached hydrogen (secondary N) is 1. The van der Waals surface area contributed by atoms with Gasteiger partial charge in [0.2, 0.25) is 5.91 Å². The quantitative estimate of drug-likeness (QED) is 0.535. The van der Waals surface area contributed by atoms with Gasteiger partial charge in [-0.25, -0.2) is 0 Å². The van der Waals surface area contributed by atoms with Crippen LogP contribution in [0.25, 0.3) is 11.3 Å². The number of hydrogen-bond donors (Lipinski definition) is 3. The van der Waals surface area contributed by atoms with Gasteiger partial charge in [0.1, 0.15) is 5.75 Å². The third-order valence-corrected chi connectivity index (χ3v) is 8.48. The minimum absolute atomic E-state index is 0.0225. The van der Waals surface area contributed by atoms with Gasteiger partial charge in [-0.1, -0.05) is 0 Å². The first-order chi connectivity index (χ1) is 16.0. The van der Waals surface area contributed by atoms with Crippen LogP contribution in [0, 0.1) is 5.92 Å². The van der Waals surface area contributed by atoms with Crippen molar-refractivity contribution in [2.75, 3.05) is 11.5 Å². The molecule has 34 heavy (non-hydrogen) atoms. The fourth-order valence-corrected chi connectivity index (χ4v) is 6.52. The second-order valence-corrected chi connectivity index (χ2v) is 12.2. The van der Waals surface area contributed by atoms with E-state index in [1.54, 1.807) is 6.20 Å². The van der Waals surface area contributed by atoms with Crippen LogP contribution in [0.3, 0.4) is 0 Å². The summed E-state index contributed by atoms with van der Waals surface area (Å²) in [5.41, 5.74) is 2.82. The molecule has 2 aromatic rings. The molecular formula is C23H32F2N4O4S. The Morgan fingerprint density at radius 1 is 1.29 bits per heavy atom. The van der Waals surface area contributed by atoms with Gasteiger partial charge in [-0.05, 0) is 52.5 Å². The average molecular weight is 499 g/mol. The molecule has 0 bridgehead atoms. The molecule has 0 saturated carbocycles. The van der Waals surface area contributed by atoms with Crippen molar-refractivity contribution >= 4 is 16.5 Å². The minimum Gasteiger partial charge on any atom is -0.433 e. The molecule has 1 atom stereocenters. The molecule has 188 valence electrons. The zero-order valence-electron chi connectivity index (χ0n) is 19.6. The van der Waals surface area contributed by atoms with E-state index >= 15 is 0 Å². The fourth-order valence-electron chi connectivity index (χ4n) is 4.76.